The molecule has 2 rings (SSSR count). The van der Waals surface area contributed by atoms with Crippen molar-refractivity contribution in [3.8, 4) is 5.75 Å². The number of rotatable bonds is 8. The van der Waals surface area contributed by atoms with Crippen LogP contribution < -0.4 is 4.74 Å². The summed E-state index contributed by atoms with van der Waals surface area (Å²) in [7, 11) is 0. The van der Waals surface area contributed by atoms with Crippen LogP contribution in [0.1, 0.15) is 11.3 Å². The van der Waals surface area contributed by atoms with Crippen LogP contribution in [-0.2, 0) is 11.3 Å². The van der Waals surface area contributed by atoms with Gasteiger partial charge in [0.2, 0.25) is 5.91 Å². The molecule has 0 saturated heterocycles. The van der Waals surface area contributed by atoms with Crippen LogP contribution in [0.5, 0.6) is 5.75 Å². The highest BCUT2D eigenvalue weighted by Gasteiger charge is 2.14. The minimum absolute atomic E-state index is 0.0780. The number of nitrogens with zero attached hydrogens (tertiary/aromatic N) is 1. The van der Waals surface area contributed by atoms with E-state index in [1.54, 1.807) is 29.2 Å². The van der Waals surface area contributed by atoms with Crippen molar-refractivity contribution < 1.29 is 13.9 Å². The van der Waals surface area contributed by atoms with E-state index in [2.05, 4.69) is 6.58 Å². The number of hydrogen-bond donors (Lipinski definition) is 0. The zero-order valence-electron chi connectivity index (χ0n) is 12.5. The molecule has 0 saturated carbocycles. The van der Waals surface area contributed by atoms with Crippen molar-refractivity contribution in [2.45, 2.75) is 13.0 Å². The van der Waals surface area contributed by atoms with Gasteiger partial charge in [-0.15, -0.1) is 17.9 Å². The third-order valence-electron chi connectivity index (χ3n) is 3.09. The van der Waals surface area contributed by atoms with Gasteiger partial charge in [0.25, 0.3) is 0 Å². The lowest BCUT2D eigenvalue weighted by atomic mass is 10.3. The summed E-state index contributed by atoms with van der Waals surface area (Å²) in [6.07, 6.45) is 1.84. The van der Waals surface area contributed by atoms with Gasteiger partial charge >= 0.3 is 0 Å². The van der Waals surface area contributed by atoms with Crippen molar-refractivity contribution in [1.82, 2.24) is 4.90 Å². The molecule has 6 heteroatoms. The molecule has 23 heavy (non-hydrogen) atoms. The van der Waals surface area contributed by atoms with Crippen molar-refractivity contribution in [3.05, 3.63) is 64.1 Å². The predicted octanol–water partition coefficient (Wildman–Crippen LogP) is 4.52. The predicted molar refractivity (Wildman–Crippen MR) is 91.5 cm³/mol. The van der Waals surface area contributed by atoms with Crippen LogP contribution in [0, 0.1) is 5.82 Å². The number of thiophene rings is 1. The minimum atomic E-state index is -0.434. The minimum Gasteiger partial charge on any atom is -0.490 e. The van der Waals surface area contributed by atoms with Gasteiger partial charge in [0.05, 0.1) is 23.9 Å². The third-order valence-corrected chi connectivity index (χ3v) is 4.30. The molecular weight excluding hydrogens is 337 g/mol. The summed E-state index contributed by atoms with van der Waals surface area (Å²) in [6.45, 7) is 4.71. The quantitative estimate of drug-likeness (QED) is 0.653. The van der Waals surface area contributed by atoms with Gasteiger partial charge in [-0.05, 0) is 24.3 Å². The smallest absolute Gasteiger partial charge is 0.226 e. The van der Waals surface area contributed by atoms with E-state index in [0.29, 0.717) is 17.4 Å². The lowest BCUT2D eigenvalue weighted by Crippen LogP contribution is -2.31. The second kappa shape index (κ2) is 8.70. The van der Waals surface area contributed by atoms with Crippen LogP contribution in [0.4, 0.5) is 4.39 Å². The van der Waals surface area contributed by atoms with Crippen molar-refractivity contribution in [2.24, 2.45) is 0 Å². The van der Waals surface area contributed by atoms with Crippen LogP contribution in [0.2, 0.25) is 4.34 Å². The second-order valence-electron chi connectivity index (χ2n) is 4.80. The molecule has 0 fully saturated rings. The largest absolute Gasteiger partial charge is 0.490 e. The highest BCUT2D eigenvalue weighted by Crippen LogP contribution is 2.23. The van der Waals surface area contributed by atoms with Gasteiger partial charge in [0, 0.05) is 11.4 Å². The number of amides is 1. The van der Waals surface area contributed by atoms with Gasteiger partial charge in [-0.2, -0.15) is 0 Å². The molecule has 2 aromatic rings. The van der Waals surface area contributed by atoms with Gasteiger partial charge in [0.15, 0.2) is 11.6 Å². The average Bonchev–Trinajstić information content (AvgIpc) is 2.94. The van der Waals surface area contributed by atoms with Gasteiger partial charge in [-0.3, -0.25) is 4.79 Å². The summed E-state index contributed by atoms with van der Waals surface area (Å²) >= 11 is 7.34. The van der Waals surface area contributed by atoms with Crippen LogP contribution in [0.3, 0.4) is 0 Å². The molecule has 1 aromatic heterocycles. The number of halogens is 2. The maximum absolute atomic E-state index is 13.4. The van der Waals surface area contributed by atoms with E-state index in [0.717, 1.165) is 4.88 Å². The number of para-hydroxylation sites is 1. The Morgan fingerprint density at radius 2 is 2.13 bits per heavy atom. The molecule has 0 spiro atoms. The number of carbonyl (C=O) groups is 1. The molecule has 122 valence electrons. The summed E-state index contributed by atoms with van der Waals surface area (Å²) in [6, 6.07) is 9.83. The summed E-state index contributed by atoms with van der Waals surface area (Å²) < 4.78 is 19.5. The van der Waals surface area contributed by atoms with Crippen molar-refractivity contribution in [3.63, 3.8) is 0 Å². The fourth-order valence-corrected chi connectivity index (χ4v) is 3.11. The van der Waals surface area contributed by atoms with E-state index in [4.69, 9.17) is 16.3 Å². The highest BCUT2D eigenvalue weighted by atomic mass is 35.5. The molecule has 3 nitrogen and oxygen atoms in total. The molecule has 0 aliphatic rings. The molecule has 1 amide bonds. The van der Waals surface area contributed by atoms with E-state index in [-0.39, 0.29) is 24.7 Å². The maximum atomic E-state index is 13.4. The SMILES string of the molecule is C=CCN(Cc1ccc(Cl)s1)C(=O)CCOc1ccccc1F. The fraction of sp³-hybridized carbons (Fsp3) is 0.235. The molecule has 0 bridgehead atoms. The Morgan fingerprint density at radius 3 is 2.78 bits per heavy atom. The van der Waals surface area contributed by atoms with Crippen LogP contribution in [0.25, 0.3) is 0 Å². The number of carbonyl (C=O) groups excluding carboxylic acids is 1. The van der Waals surface area contributed by atoms with E-state index in [1.807, 2.05) is 6.07 Å². The Labute approximate surface area is 143 Å². The van der Waals surface area contributed by atoms with Gasteiger partial charge < -0.3 is 9.64 Å². The zero-order valence-corrected chi connectivity index (χ0v) is 14.1. The molecule has 0 radical (unpaired) electrons. The van der Waals surface area contributed by atoms with E-state index in [9.17, 15) is 9.18 Å². The van der Waals surface area contributed by atoms with Gasteiger partial charge in [0.1, 0.15) is 0 Å². The summed E-state index contributed by atoms with van der Waals surface area (Å²) in [5.74, 6) is -0.359. The molecule has 0 N–H and O–H groups in total. The average molecular weight is 354 g/mol. The first-order valence-corrected chi connectivity index (χ1v) is 8.30. The Bertz CT molecular complexity index is 674. The molecule has 0 unspecified atom stereocenters. The molecule has 1 aromatic carbocycles. The fourth-order valence-electron chi connectivity index (χ4n) is 2.00. The molecular formula is C17H17ClFNO2S. The van der Waals surface area contributed by atoms with E-state index < -0.39 is 5.82 Å². The number of benzene rings is 1. The summed E-state index contributed by atoms with van der Waals surface area (Å²) in [4.78, 5) is 15.0. The normalized spacial score (nSPS) is 10.3. The first kappa shape index (κ1) is 17.5. The van der Waals surface area contributed by atoms with Crippen molar-refractivity contribution in [1.29, 1.82) is 0 Å². The summed E-state index contributed by atoms with van der Waals surface area (Å²) in [5, 5.41) is 0. The van der Waals surface area contributed by atoms with Crippen LogP contribution in [-0.4, -0.2) is 24.0 Å². The lowest BCUT2D eigenvalue weighted by Gasteiger charge is -2.20. The second-order valence-corrected chi connectivity index (χ2v) is 6.60. The zero-order chi connectivity index (χ0) is 16.7. The molecule has 1 heterocycles. The molecule has 0 aliphatic carbocycles. The topological polar surface area (TPSA) is 29.5 Å². The van der Waals surface area contributed by atoms with Crippen molar-refractivity contribution in [2.75, 3.05) is 13.2 Å². The molecule has 0 atom stereocenters. The first-order chi connectivity index (χ1) is 11.1. The highest BCUT2D eigenvalue weighted by molar-refractivity contribution is 7.16. The Hall–Kier alpha value is -1.85. The Balaban J connectivity index is 1.88. The Morgan fingerprint density at radius 1 is 1.35 bits per heavy atom. The van der Waals surface area contributed by atoms with Gasteiger partial charge in [-0.25, -0.2) is 4.39 Å². The Kier molecular flexibility index (Phi) is 6.62. The van der Waals surface area contributed by atoms with Crippen LogP contribution >= 0.6 is 22.9 Å². The number of hydrogen-bond acceptors (Lipinski definition) is 3. The lowest BCUT2D eigenvalue weighted by molar-refractivity contribution is -0.131. The van der Waals surface area contributed by atoms with Crippen LogP contribution in [0.15, 0.2) is 49.1 Å². The first-order valence-electron chi connectivity index (χ1n) is 7.10. The van der Waals surface area contributed by atoms with E-state index in [1.165, 1.54) is 23.5 Å². The number of ether oxygens (including phenoxy) is 1. The third kappa shape index (κ3) is 5.37. The summed E-state index contributed by atoms with van der Waals surface area (Å²) in [5.41, 5.74) is 0. The molecule has 0 aliphatic heterocycles. The van der Waals surface area contributed by atoms with Gasteiger partial charge in [-0.1, -0.05) is 29.8 Å². The van der Waals surface area contributed by atoms with Crippen molar-refractivity contribution >= 4 is 28.8 Å². The monoisotopic (exact) mass is 353 g/mol. The maximum Gasteiger partial charge on any atom is 0.226 e. The van der Waals surface area contributed by atoms with E-state index >= 15 is 0 Å². The standard InChI is InChI=1S/C17H17ClFNO2S/c1-2-10-20(12-13-7-8-16(18)23-13)17(21)9-11-22-15-6-4-3-5-14(15)19/h2-8H,1,9-12H2.